The topological polar surface area (TPSA) is 44.8 Å². The van der Waals surface area contributed by atoms with Crippen molar-refractivity contribution in [1.29, 1.82) is 0 Å². The first-order chi connectivity index (χ1) is 9.02. The molecule has 1 aromatic carbocycles. The Labute approximate surface area is 114 Å². The van der Waals surface area contributed by atoms with Gasteiger partial charge in [0.15, 0.2) is 0 Å². The first-order valence-electron chi connectivity index (χ1n) is 6.48. The van der Waals surface area contributed by atoms with E-state index in [9.17, 15) is 4.79 Å². The van der Waals surface area contributed by atoms with Crippen molar-refractivity contribution in [1.82, 2.24) is 10.2 Å². The van der Waals surface area contributed by atoms with Gasteiger partial charge in [-0.1, -0.05) is 0 Å². The average molecular weight is 263 g/mol. The Kier molecular flexibility index (Phi) is 3.95. The molecule has 1 amide bonds. The van der Waals surface area contributed by atoms with Crippen LogP contribution in [0.15, 0.2) is 18.2 Å². The zero-order chi connectivity index (χ0) is 14.0. The number of carbonyl (C=O) groups excluding carboxylic acids is 1. The monoisotopic (exact) mass is 263 g/mol. The summed E-state index contributed by atoms with van der Waals surface area (Å²) in [6, 6.07) is 5.80. The zero-order valence-corrected chi connectivity index (χ0v) is 11.9. The number of likely N-dealkylation sites (N-methyl/N-ethyl adjacent to an activating group) is 1. The number of hydrogen-bond donors (Lipinski definition) is 1. The van der Waals surface area contributed by atoms with Gasteiger partial charge in [0.05, 0.1) is 6.17 Å². The van der Waals surface area contributed by atoms with E-state index in [1.54, 1.807) is 7.05 Å². The van der Waals surface area contributed by atoms with Crippen molar-refractivity contribution in [3.05, 3.63) is 23.8 Å². The minimum atomic E-state index is -0.438. The molecule has 0 saturated carbocycles. The SMILES string of the molecule is CNC(=O)Oc1ccc2c(c1)CCN(C)C(C)N2C. The third-order valence-electron chi connectivity index (χ3n) is 3.78. The van der Waals surface area contributed by atoms with E-state index in [0.717, 1.165) is 13.0 Å². The summed E-state index contributed by atoms with van der Waals surface area (Å²) in [6.45, 7) is 3.17. The van der Waals surface area contributed by atoms with Gasteiger partial charge in [0.1, 0.15) is 5.75 Å². The van der Waals surface area contributed by atoms with E-state index in [0.29, 0.717) is 11.9 Å². The molecule has 19 heavy (non-hydrogen) atoms. The van der Waals surface area contributed by atoms with Crippen molar-refractivity contribution in [2.45, 2.75) is 19.5 Å². The van der Waals surface area contributed by atoms with Gasteiger partial charge in [-0.05, 0) is 44.2 Å². The number of amides is 1. The van der Waals surface area contributed by atoms with E-state index < -0.39 is 6.09 Å². The lowest BCUT2D eigenvalue weighted by Crippen LogP contribution is -2.41. The summed E-state index contributed by atoms with van der Waals surface area (Å²) in [4.78, 5) is 15.8. The molecule has 104 valence electrons. The van der Waals surface area contributed by atoms with Crippen molar-refractivity contribution < 1.29 is 9.53 Å². The highest BCUT2D eigenvalue weighted by molar-refractivity contribution is 5.70. The van der Waals surface area contributed by atoms with Gasteiger partial charge in [-0.2, -0.15) is 0 Å². The first-order valence-corrected chi connectivity index (χ1v) is 6.48. The molecule has 1 atom stereocenters. The lowest BCUT2D eigenvalue weighted by molar-refractivity contribution is 0.203. The maximum atomic E-state index is 11.2. The quantitative estimate of drug-likeness (QED) is 0.837. The highest BCUT2D eigenvalue weighted by atomic mass is 16.5. The van der Waals surface area contributed by atoms with Crippen LogP contribution in [0.1, 0.15) is 12.5 Å². The number of ether oxygens (including phenoxy) is 1. The fraction of sp³-hybridized carbons (Fsp3) is 0.500. The smallest absolute Gasteiger partial charge is 0.410 e. The molecule has 5 heteroatoms. The molecule has 0 aromatic heterocycles. The van der Waals surface area contributed by atoms with Crippen LogP contribution in [-0.2, 0) is 6.42 Å². The molecule has 1 aliphatic rings. The van der Waals surface area contributed by atoms with E-state index in [4.69, 9.17) is 4.74 Å². The van der Waals surface area contributed by atoms with Gasteiger partial charge in [-0.25, -0.2) is 4.79 Å². The van der Waals surface area contributed by atoms with Crippen LogP contribution in [0.2, 0.25) is 0 Å². The fourth-order valence-electron chi connectivity index (χ4n) is 2.31. The Morgan fingerprint density at radius 2 is 2.16 bits per heavy atom. The van der Waals surface area contributed by atoms with E-state index in [-0.39, 0.29) is 0 Å². The summed E-state index contributed by atoms with van der Waals surface area (Å²) in [5.41, 5.74) is 2.40. The number of nitrogens with zero attached hydrogens (tertiary/aromatic N) is 2. The molecule has 0 spiro atoms. The lowest BCUT2D eigenvalue weighted by Gasteiger charge is -2.31. The second kappa shape index (κ2) is 5.48. The highest BCUT2D eigenvalue weighted by Gasteiger charge is 2.22. The van der Waals surface area contributed by atoms with E-state index >= 15 is 0 Å². The summed E-state index contributed by atoms with van der Waals surface area (Å²) in [5.74, 6) is 0.587. The summed E-state index contributed by atoms with van der Waals surface area (Å²) in [6.07, 6.45) is 0.866. The van der Waals surface area contributed by atoms with Gasteiger partial charge in [0.2, 0.25) is 0 Å². The van der Waals surface area contributed by atoms with Gasteiger partial charge in [0.25, 0.3) is 0 Å². The maximum Gasteiger partial charge on any atom is 0.412 e. The Balaban J connectivity index is 2.28. The molecule has 0 fully saturated rings. The molecule has 0 radical (unpaired) electrons. The Bertz CT molecular complexity index is 476. The third-order valence-corrected chi connectivity index (χ3v) is 3.78. The number of anilines is 1. The summed E-state index contributed by atoms with van der Waals surface area (Å²) >= 11 is 0. The number of hydrogen-bond acceptors (Lipinski definition) is 4. The van der Waals surface area contributed by atoms with Crippen molar-refractivity contribution in [2.24, 2.45) is 0 Å². The standard InChI is InChI=1S/C14H21N3O2/c1-10-16(3)8-7-11-9-12(19-14(18)15-2)5-6-13(11)17(10)4/h5-6,9-10H,7-8H2,1-4H3,(H,15,18). The Hall–Kier alpha value is -1.75. The van der Waals surface area contributed by atoms with Crippen LogP contribution < -0.4 is 15.0 Å². The molecule has 1 unspecified atom stereocenters. The zero-order valence-electron chi connectivity index (χ0n) is 11.9. The number of benzene rings is 1. The number of fused-ring (bicyclic) bond motifs is 1. The summed E-state index contributed by atoms with van der Waals surface area (Å²) in [5, 5.41) is 2.45. The van der Waals surface area contributed by atoms with Crippen molar-refractivity contribution in [3.63, 3.8) is 0 Å². The van der Waals surface area contributed by atoms with Gasteiger partial charge >= 0.3 is 6.09 Å². The molecular weight excluding hydrogens is 242 g/mol. The van der Waals surface area contributed by atoms with Gasteiger partial charge in [-0.3, -0.25) is 4.90 Å². The molecule has 1 aromatic rings. The van der Waals surface area contributed by atoms with E-state index in [1.807, 2.05) is 18.2 Å². The van der Waals surface area contributed by atoms with Crippen LogP contribution in [0.4, 0.5) is 10.5 Å². The molecule has 1 aliphatic heterocycles. The third kappa shape index (κ3) is 2.81. The molecule has 1 heterocycles. The Morgan fingerprint density at radius 3 is 2.84 bits per heavy atom. The highest BCUT2D eigenvalue weighted by Crippen LogP contribution is 2.29. The van der Waals surface area contributed by atoms with Crippen LogP contribution in [0.5, 0.6) is 5.75 Å². The number of nitrogens with one attached hydrogen (secondary N) is 1. The van der Waals surface area contributed by atoms with Crippen molar-refractivity contribution >= 4 is 11.8 Å². The van der Waals surface area contributed by atoms with Crippen molar-refractivity contribution in [2.75, 3.05) is 32.6 Å². The Morgan fingerprint density at radius 1 is 1.42 bits per heavy atom. The molecular formula is C14H21N3O2. The normalized spacial score (nSPS) is 19.6. The number of carbonyl (C=O) groups is 1. The molecule has 2 rings (SSSR count). The molecule has 0 saturated heterocycles. The fourth-order valence-corrected chi connectivity index (χ4v) is 2.31. The predicted octanol–water partition coefficient (Wildman–Crippen LogP) is 1.67. The predicted molar refractivity (Wildman–Crippen MR) is 75.7 cm³/mol. The van der Waals surface area contributed by atoms with Gasteiger partial charge in [0, 0.05) is 26.3 Å². The van der Waals surface area contributed by atoms with Gasteiger partial charge in [-0.15, -0.1) is 0 Å². The molecule has 0 bridgehead atoms. The van der Waals surface area contributed by atoms with E-state index in [1.165, 1.54) is 11.3 Å². The van der Waals surface area contributed by atoms with Crippen LogP contribution in [0, 0.1) is 0 Å². The lowest BCUT2D eigenvalue weighted by atomic mass is 10.1. The average Bonchev–Trinajstić information content (AvgIpc) is 2.51. The summed E-state index contributed by atoms with van der Waals surface area (Å²) < 4.78 is 5.18. The van der Waals surface area contributed by atoms with Crippen LogP contribution in [0.3, 0.4) is 0 Å². The second-order valence-electron chi connectivity index (χ2n) is 4.90. The molecule has 1 N–H and O–H groups in total. The minimum absolute atomic E-state index is 0.354. The number of rotatable bonds is 1. The maximum absolute atomic E-state index is 11.2. The van der Waals surface area contributed by atoms with Crippen LogP contribution >= 0.6 is 0 Å². The molecule has 5 nitrogen and oxygen atoms in total. The van der Waals surface area contributed by atoms with Crippen LogP contribution in [0.25, 0.3) is 0 Å². The molecule has 0 aliphatic carbocycles. The largest absolute Gasteiger partial charge is 0.412 e. The minimum Gasteiger partial charge on any atom is -0.410 e. The van der Waals surface area contributed by atoms with Crippen LogP contribution in [-0.4, -0.2) is 44.8 Å². The first kappa shape index (κ1) is 13.7. The van der Waals surface area contributed by atoms with Gasteiger partial charge < -0.3 is 15.0 Å². The van der Waals surface area contributed by atoms with Crippen molar-refractivity contribution in [3.8, 4) is 5.75 Å². The second-order valence-corrected chi connectivity index (χ2v) is 4.90. The summed E-state index contributed by atoms with van der Waals surface area (Å²) in [7, 11) is 5.76. The van der Waals surface area contributed by atoms with E-state index in [2.05, 4.69) is 36.1 Å².